The smallest absolute Gasteiger partial charge is 0.221 e. The topological polar surface area (TPSA) is 41.1 Å². The molecular weight excluding hydrogens is 228 g/mol. The van der Waals surface area contributed by atoms with Gasteiger partial charge >= 0.3 is 0 Å². The van der Waals surface area contributed by atoms with Crippen molar-refractivity contribution in [2.24, 2.45) is 0 Å². The van der Waals surface area contributed by atoms with Crippen molar-refractivity contribution in [3.63, 3.8) is 0 Å². The lowest BCUT2D eigenvalue weighted by Gasteiger charge is -2.22. The quantitative estimate of drug-likeness (QED) is 0.760. The van der Waals surface area contributed by atoms with Gasteiger partial charge in [0.05, 0.1) is 0 Å². The van der Waals surface area contributed by atoms with Gasteiger partial charge in [0.2, 0.25) is 5.91 Å². The van der Waals surface area contributed by atoms with Gasteiger partial charge in [-0.25, -0.2) is 0 Å². The minimum Gasteiger partial charge on any atom is -0.355 e. The third kappa shape index (κ3) is 5.68. The molecular formula is C10H20N2OS2. The van der Waals surface area contributed by atoms with Crippen LogP contribution in [0.3, 0.4) is 0 Å². The number of carbonyl (C=O) groups excluding carboxylic acids is 1. The summed E-state index contributed by atoms with van der Waals surface area (Å²) in [5.41, 5.74) is 0. The Morgan fingerprint density at radius 3 is 3.13 bits per heavy atom. The lowest BCUT2D eigenvalue weighted by atomic mass is 10.2. The Morgan fingerprint density at radius 2 is 2.53 bits per heavy atom. The lowest BCUT2D eigenvalue weighted by molar-refractivity contribution is -0.121. The van der Waals surface area contributed by atoms with Gasteiger partial charge in [-0.05, 0) is 6.26 Å². The van der Waals surface area contributed by atoms with E-state index < -0.39 is 0 Å². The number of hydrogen-bond donors (Lipinski definition) is 2. The van der Waals surface area contributed by atoms with Crippen LogP contribution in [0, 0.1) is 0 Å². The number of thioether (sulfide) groups is 2. The molecule has 1 aliphatic heterocycles. The molecule has 0 aromatic rings. The molecule has 1 heterocycles. The van der Waals surface area contributed by atoms with Crippen molar-refractivity contribution in [1.29, 1.82) is 0 Å². The predicted octanol–water partition coefficient (Wildman–Crippen LogP) is 0.949. The Balaban J connectivity index is 2.11. The van der Waals surface area contributed by atoms with E-state index in [1.165, 1.54) is 5.75 Å². The maximum Gasteiger partial charge on any atom is 0.221 e. The minimum atomic E-state index is 0.177. The van der Waals surface area contributed by atoms with Gasteiger partial charge in [0, 0.05) is 42.3 Å². The molecule has 0 radical (unpaired) electrons. The first kappa shape index (κ1) is 13.2. The second-order valence-corrected chi connectivity index (χ2v) is 6.21. The summed E-state index contributed by atoms with van der Waals surface area (Å²) < 4.78 is 0. The summed E-state index contributed by atoms with van der Waals surface area (Å²) in [5, 5.41) is 6.84. The Labute approximate surface area is 101 Å². The molecule has 1 saturated heterocycles. The molecule has 0 aromatic heterocycles. The van der Waals surface area contributed by atoms with Gasteiger partial charge in [0.15, 0.2) is 0 Å². The molecule has 2 N–H and O–H groups in total. The molecule has 1 rings (SSSR count). The van der Waals surface area contributed by atoms with Crippen LogP contribution in [-0.2, 0) is 4.79 Å². The molecule has 15 heavy (non-hydrogen) atoms. The summed E-state index contributed by atoms with van der Waals surface area (Å²) in [5.74, 6) is 2.41. The average molecular weight is 248 g/mol. The normalized spacial score (nSPS) is 23.5. The zero-order chi connectivity index (χ0) is 11.1. The minimum absolute atomic E-state index is 0.177. The monoisotopic (exact) mass is 248 g/mol. The Morgan fingerprint density at radius 1 is 1.73 bits per heavy atom. The highest BCUT2D eigenvalue weighted by atomic mass is 32.2. The van der Waals surface area contributed by atoms with Gasteiger partial charge < -0.3 is 10.6 Å². The van der Waals surface area contributed by atoms with E-state index in [1.54, 1.807) is 11.8 Å². The fraction of sp³-hybridized carbons (Fsp3) is 0.900. The third-order valence-electron chi connectivity index (χ3n) is 2.42. The second kappa shape index (κ2) is 7.41. The van der Waals surface area contributed by atoms with E-state index in [4.69, 9.17) is 0 Å². The van der Waals surface area contributed by atoms with Crippen LogP contribution in [0.25, 0.3) is 0 Å². The van der Waals surface area contributed by atoms with Crippen molar-refractivity contribution in [2.45, 2.75) is 24.6 Å². The first-order valence-corrected chi connectivity index (χ1v) is 7.77. The number of amides is 1. The van der Waals surface area contributed by atoms with E-state index in [0.717, 1.165) is 18.8 Å². The molecule has 1 fully saturated rings. The fourth-order valence-electron chi connectivity index (χ4n) is 1.39. The lowest BCUT2D eigenvalue weighted by Crippen LogP contribution is -2.42. The number of carbonyl (C=O) groups is 1. The van der Waals surface area contributed by atoms with Gasteiger partial charge in [0.25, 0.3) is 0 Å². The van der Waals surface area contributed by atoms with Crippen molar-refractivity contribution in [3.8, 4) is 0 Å². The Bertz CT molecular complexity index is 196. The van der Waals surface area contributed by atoms with Crippen LogP contribution in [-0.4, -0.2) is 48.0 Å². The van der Waals surface area contributed by atoms with E-state index >= 15 is 0 Å². The predicted molar refractivity (Wildman–Crippen MR) is 69.7 cm³/mol. The van der Waals surface area contributed by atoms with Crippen molar-refractivity contribution in [3.05, 3.63) is 0 Å². The molecule has 2 unspecified atom stereocenters. The molecule has 0 aromatic carbocycles. The van der Waals surface area contributed by atoms with Crippen molar-refractivity contribution < 1.29 is 4.79 Å². The molecule has 0 aliphatic carbocycles. The maximum atomic E-state index is 11.6. The largest absolute Gasteiger partial charge is 0.355 e. The number of rotatable bonds is 5. The van der Waals surface area contributed by atoms with E-state index in [-0.39, 0.29) is 5.91 Å². The van der Waals surface area contributed by atoms with Gasteiger partial charge in [-0.15, -0.1) is 0 Å². The summed E-state index contributed by atoms with van der Waals surface area (Å²) in [7, 11) is 0. The van der Waals surface area contributed by atoms with Crippen LogP contribution in [0.15, 0.2) is 0 Å². The van der Waals surface area contributed by atoms with E-state index in [1.807, 2.05) is 11.8 Å². The third-order valence-corrected chi connectivity index (χ3v) is 4.52. The van der Waals surface area contributed by atoms with Crippen LogP contribution in [0.5, 0.6) is 0 Å². The summed E-state index contributed by atoms with van der Waals surface area (Å²) in [4.78, 5) is 11.6. The Hall–Kier alpha value is 0.130. The molecule has 3 nitrogen and oxygen atoms in total. The van der Waals surface area contributed by atoms with Crippen LogP contribution in [0.2, 0.25) is 0 Å². The van der Waals surface area contributed by atoms with Crippen LogP contribution in [0.4, 0.5) is 0 Å². The van der Waals surface area contributed by atoms with Crippen molar-refractivity contribution in [1.82, 2.24) is 10.6 Å². The first-order valence-electron chi connectivity index (χ1n) is 5.33. The number of nitrogens with one attached hydrogen (secondary N) is 2. The standard InChI is InChI=1S/C10H20N2OS2/c1-8(14-2)6-12-10(13)5-9-7-15-4-3-11-9/h8-9,11H,3-7H2,1-2H3,(H,12,13). The summed E-state index contributed by atoms with van der Waals surface area (Å²) in [6.45, 7) is 3.93. The average Bonchev–Trinajstić information content (AvgIpc) is 2.27. The first-order chi connectivity index (χ1) is 7.22. The molecule has 1 aliphatic rings. The van der Waals surface area contributed by atoms with Crippen LogP contribution >= 0.6 is 23.5 Å². The van der Waals surface area contributed by atoms with Gasteiger partial charge in [-0.1, -0.05) is 6.92 Å². The molecule has 0 spiro atoms. The van der Waals surface area contributed by atoms with E-state index in [2.05, 4.69) is 23.8 Å². The van der Waals surface area contributed by atoms with Crippen molar-refractivity contribution >= 4 is 29.4 Å². The van der Waals surface area contributed by atoms with Gasteiger partial charge in [-0.2, -0.15) is 23.5 Å². The molecule has 88 valence electrons. The maximum absolute atomic E-state index is 11.6. The summed E-state index contributed by atoms with van der Waals surface area (Å²) >= 11 is 3.71. The highest BCUT2D eigenvalue weighted by Gasteiger charge is 2.16. The number of hydrogen-bond acceptors (Lipinski definition) is 4. The Kier molecular flexibility index (Phi) is 6.52. The molecule has 2 atom stereocenters. The summed E-state index contributed by atoms with van der Waals surface area (Å²) in [6.07, 6.45) is 2.68. The van der Waals surface area contributed by atoms with E-state index in [0.29, 0.717) is 17.7 Å². The van der Waals surface area contributed by atoms with Crippen LogP contribution in [0.1, 0.15) is 13.3 Å². The zero-order valence-corrected chi connectivity index (χ0v) is 11.0. The molecule has 0 bridgehead atoms. The SMILES string of the molecule is CSC(C)CNC(=O)CC1CSCCN1. The molecule has 0 saturated carbocycles. The van der Waals surface area contributed by atoms with E-state index in [9.17, 15) is 4.79 Å². The molecule has 1 amide bonds. The second-order valence-electron chi connectivity index (χ2n) is 3.78. The zero-order valence-electron chi connectivity index (χ0n) is 9.41. The molecule has 5 heteroatoms. The summed E-state index contributed by atoms with van der Waals surface area (Å²) in [6, 6.07) is 0.369. The highest BCUT2D eigenvalue weighted by molar-refractivity contribution is 7.99. The van der Waals surface area contributed by atoms with Gasteiger partial charge in [0.1, 0.15) is 0 Å². The fourth-order valence-corrected chi connectivity index (χ4v) is 2.59. The van der Waals surface area contributed by atoms with Crippen LogP contribution < -0.4 is 10.6 Å². The van der Waals surface area contributed by atoms with Crippen molar-refractivity contribution in [2.75, 3.05) is 30.9 Å². The highest BCUT2D eigenvalue weighted by Crippen LogP contribution is 2.10. The van der Waals surface area contributed by atoms with Gasteiger partial charge in [-0.3, -0.25) is 4.79 Å².